The number of amides is 6. The van der Waals surface area contributed by atoms with Gasteiger partial charge in [-0.1, -0.05) is 56.3 Å². The quantitative estimate of drug-likeness (QED) is 0.148. The zero-order valence-electron chi connectivity index (χ0n) is 34.2. The van der Waals surface area contributed by atoms with Gasteiger partial charge >= 0.3 is 12.2 Å². The molecule has 5 N–H and O–H groups in total. The number of benzene rings is 3. The van der Waals surface area contributed by atoms with Crippen LogP contribution < -0.4 is 26.2 Å². The third-order valence-corrected chi connectivity index (χ3v) is 10.6. The maximum Gasteiger partial charge on any atom is 0.407 e. The Balaban J connectivity index is 1.20. The second-order valence-corrected chi connectivity index (χ2v) is 15.2. The van der Waals surface area contributed by atoms with Crippen LogP contribution in [-0.4, -0.2) is 108 Å². The lowest BCUT2D eigenvalue weighted by molar-refractivity contribution is -0.140. The van der Waals surface area contributed by atoms with Gasteiger partial charge < -0.3 is 50.5 Å². The molecule has 3 aromatic carbocycles. The molecule has 3 aromatic rings. The molecule has 5 unspecified atom stereocenters. The van der Waals surface area contributed by atoms with E-state index in [1.165, 1.54) is 23.8 Å². The number of nitrogens with one attached hydrogen (secondary N) is 4. The van der Waals surface area contributed by atoms with Crippen molar-refractivity contribution in [2.45, 2.75) is 89.8 Å². The van der Waals surface area contributed by atoms with E-state index in [4.69, 9.17) is 4.74 Å². The number of aliphatic hydroxyl groups excluding tert-OH is 1. The Morgan fingerprint density at radius 1 is 0.661 bits per heavy atom. The van der Waals surface area contributed by atoms with E-state index in [-0.39, 0.29) is 23.6 Å². The summed E-state index contributed by atoms with van der Waals surface area (Å²) in [7, 11) is 2.40. The summed E-state index contributed by atoms with van der Waals surface area (Å²) in [6.45, 7) is 6.87. The summed E-state index contributed by atoms with van der Waals surface area (Å²) in [5.74, 6) is -1.73. The molecule has 0 saturated carbocycles. The van der Waals surface area contributed by atoms with Gasteiger partial charge in [0.2, 0.25) is 23.6 Å². The number of anilines is 3. The Labute approximate surface area is 344 Å². The maximum absolute atomic E-state index is 13.4. The highest BCUT2D eigenvalue weighted by Gasteiger charge is 2.40. The number of carbonyl (C=O) groups excluding carboxylic acids is 6. The summed E-state index contributed by atoms with van der Waals surface area (Å²) < 4.78 is 9.30. The number of aliphatic hydroxyl groups is 1. The summed E-state index contributed by atoms with van der Waals surface area (Å²) in [6.07, 6.45) is -0.529. The minimum atomic E-state index is -1.25. The van der Waals surface area contributed by atoms with Gasteiger partial charge in [-0.15, -0.1) is 0 Å². The Bertz CT molecular complexity index is 1810. The van der Waals surface area contributed by atoms with Crippen molar-refractivity contribution in [3.05, 3.63) is 90.0 Å². The van der Waals surface area contributed by atoms with Crippen LogP contribution in [-0.2, 0) is 41.7 Å². The zero-order valence-corrected chi connectivity index (χ0v) is 34.2. The molecule has 6 amide bonds. The van der Waals surface area contributed by atoms with Gasteiger partial charge in [0.25, 0.3) is 0 Å². The topological polar surface area (TPSA) is 199 Å². The molecule has 0 spiro atoms. The van der Waals surface area contributed by atoms with Gasteiger partial charge in [-0.2, -0.15) is 0 Å². The number of likely N-dealkylation sites (tertiary alicyclic amines) is 2. The Morgan fingerprint density at radius 3 is 1.49 bits per heavy atom. The molecule has 5 rings (SSSR count). The molecule has 2 heterocycles. The number of rotatable bonds is 15. The lowest BCUT2D eigenvalue weighted by atomic mass is 10.0. The molecule has 59 heavy (non-hydrogen) atoms. The number of para-hydroxylation sites is 1. The maximum atomic E-state index is 13.4. The van der Waals surface area contributed by atoms with E-state index < -0.39 is 48.4 Å². The molecule has 2 aliphatic rings. The summed E-state index contributed by atoms with van der Waals surface area (Å²) in [4.78, 5) is 82.4. The van der Waals surface area contributed by atoms with Gasteiger partial charge in [0.1, 0.15) is 24.2 Å². The Hall–Kier alpha value is -6.16. The first-order valence-electron chi connectivity index (χ1n) is 19.9. The van der Waals surface area contributed by atoms with E-state index in [2.05, 4.69) is 30.9 Å². The second kappa shape index (κ2) is 20.5. The largest absolute Gasteiger partial charge is 0.453 e. The van der Waals surface area contributed by atoms with Gasteiger partial charge in [-0.25, -0.2) is 9.59 Å². The lowest BCUT2D eigenvalue weighted by Crippen LogP contribution is -2.56. The fourth-order valence-corrected chi connectivity index (χ4v) is 7.39. The first kappa shape index (κ1) is 44.0. The predicted octanol–water partition coefficient (Wildman–Crippen LogP) is 4.24. The molecule has 0 aromatic heterocycles. The fraction of sp³-hybridized carbons (Fsp3) is 0.442. The standard InChI is InChI=1S/C43H55N7O9/c1-27(2)36(46-42(56)58-4)40(54)49-23-9-13-34(49)38(52)44-31-19-15-29(16-20-31)25-48(33-11-7-6-8-12-33)26-30-17-21-32(22-18-30)45-39(53)35-14-10-24-50(35)41(55)37(28(3)51)47-43(57)59-5/h6-8,11-12,15-22,27-28,34-37,51H,9-10,13-14,23-26H2,1-5H3,(H,44,52)(H,45,53)(H,46,56)(H,47,57). The zero-order chi connectivity index (χ0) is 42.6. The van der Waals surface area contributed by atoms with Crippen LogP contribution in [0.1, 0.15) is 57.6 Å². The van der Waals surface area contributed by atoms with E-state index in [1.807, 2.05) is 92.7 Å². The Kier molecular flexibility index (Phi) is 15.3. The number of hydrogen-bond acceptors (Lipinski definition) is 10. The second-order valence-electron chi connectivity index (χ2n) is 15.2. The monoisotopic (exact) mass is 813 g/mol. The van der Waals surface area contributed by atoms with Gasteiger partial charge in [0, 0.05) is 43.2 Å². The highest BCUT2D eigenvalue weighted by Crippen LogP contribution is 2.26. The first-order chi connectivity index (χ1) is 28.3. The van der Waals surface area contributed by atoms with Crippen LogP contribution in [0.15, 0.2) is 78.9 Å². The van der Waals surface area contributed by atoms with Crippen molar-refractivity contribution in [2.75, 3.05) is 42.8 Å². The van der Waals surface area contributed by atoms with Crippen LogP contribution >= 0.6 is 0 Å². The average Bonchev–Trinajstić information content (AvgIpc) is 3.94. The van der Waals surface area contributed by atoms with Crippen LogP contribution in [0.3, 0.4) is 0 Å². The van der Waals surface area contributed by atoms with Gasteiger partial charge in [0.15, 0.2) is 0 Å². The molecule has 16 nitrogen and oxygen atoms in total. The third-order valence-electron chi connectivity index (χ3n) is 10.6. The van der Waals surface area contributed by atoms with Crippen molar-refractivity contribution in [1.82, 2.24) is 20.4 Å². The number of alkyl carbamates (subject to hydrolysis) is 2. The van der Waals surface area contributed by atoms with Crippen LogP contribution in [0.4, 0.5) is 26.7 Å². The van der Waals surface area contributed by atoms with E-state index in [9.17, 15) is 33.9 Å². The van der Waals surface area contributed by atoms with Gasteiger partial charge in [-0.3, -0.25) is 19.2 Å². The number of ether oxygens (including phenoxy) is 2. The van der Waals surface area contributed by atoms with Gasteiger partial charge in [-0.05, 0) is 86.1 Å². The first-order valence-corrected chi connectivity index (χ1v) is 19.9. The molecule has 0 radical (unpaired) electrons. The van der Waals surface area contributed by atoms with Crippen molar-refractivity contribution in [3.63, 3.8) is 0 Å². The number of carbonyl (C=O) groups is 6. The fourth-order valence-electron chi connectivity index (χ4n) is 7.39. The van der Waals surface area contributed by atoms with Crippen LogP contribution in [0.5, 0.6) is 0 Å². The third kappa shape index (κ3) is 11.5. The lowest BCUT2D eigenvalue weighted by Gasteiger charge is -2.30. The van der Waals surface area contributed by atoms with E-state index in [0.29, 0.717) is 63.2 Å². The highest BCUT2D eigenvalue weighted by atomic mass is 16.5. The van der Waals surface area contributed by atoms with Crippen molar-refractivity contribution in [3.8, 4) is 0 Å². The van der Waals surface area contributed by atoms with Crippen molar-refractivity contribution in [1.29, 1.82) is 0 Å². The minimum absolute atomic E-state index is 0.203. The summed E-state index contributed by atoms with van der Waals surface area (Å²) >= 11 is 0. The number of nitrogens with zero attached hydrogens (tertiary/aromatic N) is 3. The normalized spacial score (nSPS) is 17.7. The predicted molar refractivity (Wildman–Crippen MR) is 221 cm³/mol. The molecule has 0 aliphatic carbocycles. The molecule has 16 heteroatoms. The van der Waals surface area contributed by atoms with E-state index >= 15 is 0 Å². The average molecular weight is 814 g/mol. The summed E-state index contributed by atoms with van der Waals surface area (Å²) in [5, 5.41) is 21.0. The van der Waals surface area contributed by atoms with Crippen molar-refractivity contribution < 1.29 is 43.3 Å². The van der Waals surface area contributed by atoms with Crippen LogP contribution in [0.25, 0.3) is 0 Å². The smallest absolute Gasteiger partial charge is 0.407 e. The summed E-state index contributed by atoms with van der Waals surface area (Å²) in [6, 6.07) is 21.5. The highest BCUT2D eigenvalue weighted by molar-refractivity contribution is 5.99. The molecule has 0 bridgehead atoms. The van der Waals surface area contributed by atoms with Crippen LogP contribution in [0, 0.1) is 5.92 Å². The minimum Gasteiger partial charge on any atom is -0.453 e. The SMILES string of the molecule is COC(=O)NC(C(=O)N1CCCC1C(=O)Nc1ccc(CN(Cc2ccc(NC(=O)C3CCCN3C(=O)C(NC(=O)OC)C(C)O)cc2)c2ccccc2)cc1)C(C)C. The molecule has 2 fully saturated rings. The van der Waals surface area contributed by atoms with E-state index in [0.717, 1.165) is 23.9 Å². The molecule has 316 valence electrons. The molecule has 2 aliphatic heterocycles. The Morgan fingerprint density at radius 2 is 1.08 bits per heavy atom. The van der Waals surface area contributed by atoms with Crippen LogP contribution in [0.2, 0.25) is 0 Å². The molecule has 2 saturated heterocycles. The molecular formula is C43H55N7O9. The van der Waals surface area contributed by atoms with Crippen molar-refractivity contribution in [2.24, 2.45) is 5.92 Å². The summed E-state index contributed by atoms with van der Waals surface area (Å²) in [5.41, 5.74) is 4.14. The molecular weight excluding hydrogens is 759 g/mol. The number of hydrogen-bond donors (Lipinski definition) is 5. The van der Waals surface area contributed by atoms with Gasteiger partial charge in [0.05, 0.1) is 20.3 Å². The van der Waals surface area contributed by atoms with Crippen molar-refractivity contribution >= 4 is 52.9 Å². The molecule has 5 atom stereocenters. The van der Waals surface area contributed by atoms with E-state index in [1.54, 1.807) is 0 Å². The number of methoxy groups -OCH3 is 2.